The molecule has 0 atom stereocenters. The third-order valence-electron chi connectivity index (χ3n) is 2.94. The Morgan fingerprint density at radius 2 is 2.19 bits per heavy atom. The fourth-order valence-corrected chi connectivity index (χ4v) is 2.55. The summed E-state index contributed by atoms with van der Waals surface area (Å²) < 4.78 is 2.91. The van der Waals surface area contributed by atoms with Crippen LogP contribution in [0.4, 0.5) is 0 Å². The van der Waals surface area contributed by atoms with Crippen LogP contribution in [0.2, 0.25) is 0 Å². The van der Waals surface area contributed by atoms with Gasteiger partial charge in [0, 0.05) is 22.3 Å². The number of aromatic nitrogens is 2. The molecule has 80 valence electrons. The van der Waals surface area contributed by atoms with Gasteiger partial charge in [0.2, 0.25) is 0 Å². The zero-order chi connectivity index (χ0) is 11.3. The number of H-pyrrole nitrogens is 1. The van der Waals surface area contributed by atoms with Gasteiger partial charge in [0.05, 0.1) is 11.2 Å². The van der Waals surface area contributed by atoms with Gasteiger partial charge in [0.1, 0.15) is 5.65 Å². The van der Waals surface area contributed by atoms with Gasteiger partial charge in [-0.2, -0.15) is 0 Å². The molecule has 0 aliphatic heterocycles. The maximum absolute atomic E-state index is 10.9. The van der Waals surface area contributed by atoms with Crippen LogP contribution < -0.4 is 0 Å². The van der Waals surface area contributed by atoms with Gasteiger partial charge in [-0.15, -0.1) is 0 Å². The molecule has 0 saturated heterocycles. The van der Waals surface area contributed by atoms with Crippen molar-refractivity contribution in [1.82, 2.24) is 9.55 Å². The number of hydrogen-bond donors (Lipinski definition) is 1. The van der Waals surface area contributed by atoms with E-state index in [1.54, 1.807) is 0 Å². The highest BCUT2D eigenvalue weighted by molar-refractivity contribution is 9.10. The molecule has 0 fully saturated rings. The monoisotopic (exact) mass is 276 g/mol. The normalized spacial score (nSPS) is 11.4. The van der Waals surface area contributed by atoms with Crippen LogP contribution in [0.5, 0.6) is 0 Å². The Kier molecular flexibility index (Phi) is 1.94. The molecule has 3 aromatic rings. The number of nitrogens with one attached hydrogen (secondary N) is 1. The number of halogens is 1. The van der Waals surface area contributed by atoms with Crippen molar-refractivity contribution in [2.75, 3.05) is 0 Å². The SMILES string of the molecule is Cn1c(C=O)cc2c3cccc(Br)c3[nH]c21. The molecule has 0 aliphatic rings. The van der Waals surface area contributed by atoms with E-state index in [2.05, 4.69) is 20.9 Å². The Morgan fingerprint density at radius 1 is 1.38 bits per heavy atom. The second kappa shape index (κ2) is 3.22. The third-order valence-corrected chi connectivity index (χ3v) is 3.60. The number of fused-ring (bicyclic) bond motifs is 3. The van der Waals surface area contributed by atoms with Crippen LogP contribution in [0.15, 0.2) is 28.7 Å². The lowest BCUT2D eigenvalue weighted by Crippen LogP contribution is -1.93. The number of benzene rings is 1. The minimum absolute atomic E-state index is 0.683. The number of rotatable bonds is 1. The maximum Gasteiger partial charge on any atom is 0.166 e. The number of hydrogen-bond acceptors (Lipinski definition) is 1. The topological polar surface area (TPSA) is 37.8 Å². The van der Waals surface area contributed by atoms with Crippen molar-refractivity contribution in [2.45, 2.75) is 0 Å². The molecule has 1 aromatic carbocycles. The molecule has 1 N–H and O–H groups in total. The Bertz CT molecular complexity index is 709. The quantitative estimate of drug-likeness (QED) is 0.681. The van der Waals surface area contributed by atoms with E-state index in [-0.39, 0.29) is 0 Å². The van der Waals surface area contributed by atoms with Crippen molar-refractivity contribution in [3.05, 3.63) is 34.4 Å². The average molecular weight is 277 g/mol. The summed E-state index contributed by atoms with van der Waals surface area (Å²) in [6, 6.07) is 7.95. The van der Waals surface area contributed by atoms with Crippen LogP contribution in [0, 0.1) is 0 Å². The summed E-state index contributed by atoms with van der Waals surface area (Å²) in [7, 11) is 1.88. The number of carbonyl (C=O) groups excluding carboxylic acids is 1. The van der Waals surface area contributed by atoms with E-state index >= 15 is 0 Å². The summed E-state index contributed by atoms with van der Waals surface area (Å²) in [5, 5.41) is 2.22. The first-order chi connectivity index (χ1) is 7.72. The van der Waals surface area contributed by atoms with Crippen LogP contribution in [0.25, 0.3) is 21.9 Å². The molecule has 16 heavy (non-hydrogen) atoms. The predicted molar refractivity (Wildman–Crippen MR) is 67.9 cm³/mol. The maximum atomic E-state index is 10.9. The van der Waals surface area contributed by atoms with E-state index in [0.717, 1.165) is 32.7 Å². The lowest BCUT2D eigenvalue weighted by Gasteiger charge is -1.95. The smallest absolute Gasteiger partial charge is 0.166 e. The van der Waals surface area contributed by atoms with E-state index in [1.807, 2.05) is 35.9 Å². The summed E-state index contributed by atoms with van der Waals surface area (Å²) in [4.78, 5) is 14.2. The van der Waals surface area contributed by atoms with Gasteiger partial charge in [0.25, 0.3) is 0 Å². The molecule has 0 spiro atoms. The van der Waals surface area contributed by atoms with E-state index in [4.69, 9.17) is 0 Å². The summed E-state index contributed by atoms with van der Waals surface area (Å²) in [6.07, 6.45) is 0.873. The minimum Gasteiger partial charge on any atom is -0.340 e. The molecule has 0 radical (unpaired) electrons. The molecule has 4 heteroatoms. The molecule has 0 amide bonds. The molecule has 2 aromatic heterocycles. The molecule has 2 heterocycles. The van der Waals surface area contributed by atoms with E-state index in [1.165, 1.54) is 0 Å². The second-order valence-electron chi connectivity index (χ2n) is 3.80. The summed E-state index contributed by atoms with van der Waals surface area (Å²) in [5.41, 5.74) is 2.73. The Labute approximate surface area is 100 Å². The van der Waals surface area contributed by atoms with Gasteiger partial charge in [-0.05, 0) is 28.1 Å². The number of nitrogens with zero attached hydrogens (tertiary/aromatic N) is 1. The first kappa shape index (κ1) is 9.66. The fraction of sp³-hybridized carbons (Fsp3) is 0.0833. The van der Waals surface area contributed by atoms with E-state index in [0.29, 0.717) is 5.69 Å². The first-order valence-corrected chi connectivity index (χ1v) is 5.72. The molecule has 0 bridgehead atoms. The molecule has 3 rings (SSSR count). The largest absolute Gasteiger partial charge is 0.340 e. The average Bonchev–Trinajstić information content (AvgIpc) is 2.78. The van der Waals surface area contributed by atoms with Gasteiger partial charge < -0.3 is 9.55 Å². The molecular formula is C12H9BrN2O. The van der Waals surface area contributed by atoms with Crippen molar-refractivity contribution >= 4 is 44.2 Å². The number of aromatic amines is 1. The molecule has 3 nitrogen and oxygen atoms in total. The number of aldehydes is 1. The Morgan fingerprint density at radius 3 is 2.94 bits per heavy atom. The number of para-hydroxylation sites is 1. The standard InChI is InChI=1S/C12H9BrN2O/c1-15-7(6-16)5-9-8-3-2-4-10(13)11(8)14-12(9)15/h2-6,14H,1H3. The first-order valence-electron chi connectivity index (χ1n) is 4.93. The third kappa shape index (κ3) is 1.10. The summed E-state index contributed by atoms with van der Waals surface area (Å²) >= 11 is 3.51. The number of carbonyl (C=O) groups is 1. The van der Waals surface area contributed by atoms with Gasteiger partial charge in [0.15, 0.2) is 6.29 Å². The molecule has 0 aliphatic carbocycles. The van der Waals surface area contributed by atoms with Crippen molar-refractivity contribution in [3.63, 3.8) is 0 Å². The molecule has 0 unspecified atom stereocenters. The van der Waals surface area contributed by atoms with Crippen LogP contribution in [0.1, 0.15) is 10.5 Å². The predicted octanol–water partition coefficient (Wildman–Crippen LogP) is 3.23. The molecule has 0 saturated carbocycles. The van der Waals surface area contributed by atoms with Crippen LogP contribution in [-0.2, 0) is 7.05 Å². The van der Waals surface area contributed by atoms with Crippen molar-refractivity contribution in [3.8, 4) is 0 Å². The van der Waals surface area contributed by atoms with E-state index < -0.39 is 0 Å². The van der Waals surface area contributed by atoms with E-state index in [9.17, 15) is 4.79 Å². The van der Waals surface area contributed by atoms with Crippen LogP contribution in [0.3, 0.4) is 0 Å². The van der Waals surface area contributed by atoms with Gasteiger partial charge in [-0.3, -0.25) is 4.79 Å². The van der Waals surface area contributed by atoms with Gasteiger partial charge in [-0.25, -0.2) is 0 Å². The van der Waals surface area contributed by atoms with Gasteiger partial charge >= 0.3 is 0 Å². The zero-order valence-electron chi connectivity index (χ0n) is 8.62. The number of aryl methyl sites for hydroxylation is 1. The highest BCUT2D eigenvalue weighted by Crippen LogP contribution is 2.31. The Hall–Kier alpha value is -1.55. The summed E-state index contributed by atoms with van der Waals surface area (Å²) in [5.74, 6) is 0. The summed E-state index contributed by atoms with van der Waals surface area (Å²) in [6.45, 7) is 0. The second-order valence-corrected chi connectivity index (χ2v) is 4.65. The van der Waals surface area contributed by atoms with Crippen LogP contribution >= 0.6 is 15.9 Å². The van der Waals surface area contributed by atoms with Crippen LogP contribution in [-0.4, -0.2) is 15.8 Å². The lowest BCUT2D eigenvalue weighted by atomic mass is 10.2. The van der Waals surface area contributed by atoms with Gasteiger partial charge in [-0.1, -0.05) is 12.1 Å². The van der Waals surface area contributed by atoms with Crippen molar-refractivity contribution < 1.29 is 4.79 Å². The van der Waals surface area contributed by atoms with Crippen molar-refractivity contribution in [1.29, 1.82) is 0 Å². The highest BCUT2D eigenvalue weighted by atomic mass is 79.9. The van der Waals surface area contributed by atoms with Crippen molar-refractivity contribution in [2.24, 2.45) is 7.05 Å². The fourth-order valence-electron chi connectivity index (χ4n) is 2.09. The zero-order valence-corrected chi connectivity index (χ0v) is 10.2. The lowest BCUT2D eigenvalue weighted by molar-refractivity contribution is 0.111. The highest BCUT2D eigenvalue weighted by Gasteiger charge is 2.12. The molecular weight excluding hydrogens is 268 g/mol. The minimum atomic E-state index is 0.683. The Balaban J connectivity index is 2.55.